The number of benzene rings is 2. The summed E-state index contributed by atoms with van der Waals surface area (Å²) in [5.41, 5.74) is 12.0. The zero-order valence-corrected chi connectivity index (χ0v) is 29.5. The van der Waals surface area contributed by atoms with Crippen molar-refractivity contribution in [2.45, 2.75) is 80.8 Å². The van der Waals surface area contributed by atoms with Crippen molar-refractivity contribution in [3.63, 3.8) is 0 Å². The summed E-state index contributed by atoms with van der Waals surface area (Å²) in [6.07, 6.45) is 9.66. The van der Waals surface area contributed by atoms with Crippen LogP contribution in [0.15, 0.2) is 93.6 Å². The fraction of sp³-hybridized carbons (Fsp3) is 0.486. The van der Waals surface area contributed by atoms with E-state index in [1.54, 1.807) is 6.34 Å². The predicted octanol–water partition coefficient (Wildman–Crippen LogP) is 7.62. The van der Waals surface area contributed by atoms with E-state index in [0.29, 0.717) is 12.4 Å². The minimum Gasteiger partial charge on any atom is -0.383 e. The molecule has 0 saturated carbocycles. The molecule has 2 aliphatic rings. The molecule has 45 heavy (non-hydrogen) atoms. The lowest BCUT2D eigenvalue weighted by molar-refractivity contribution is 0.245. The second-order valence-corrected chi connectivity index (χ2v) is 10.2. The maximum absolute atomic E-state index is 6.02. The highest BCUT2D eigenvalue weighted by Gasteiger charge is 2.19. The third kappa shape index (κ3) is 14.2. The van der Waals surface area contributed by atoms with Crippen molar-refractivity contribution in [3.8, 4) is 0 Å². The highest BCUT2D eigenvalue weighted by Crippen LogP contribution is 2.25. The molecule has 2 aliphatic heterocycles. The molecular weight excluding hydrogens is 556 g/mol. The molecule has 2 heterocycles. The Kier molecular flexibility index (Phi) is 20.4. The number of allylic oxidation sites excluding steroid dienone is 3. The first-order valence-electron chi connectivity index (χ1n) is 16.8. The molecule has 2 aromatic carbocycles. The van der Waals surface area contributed by atoms with Gasteiger partial charge in [0.1, 0.15) is 12.2 Å². The standard InChI is InChI=1S/C19H28N6.C14H20N2.2C2H6/c1-3-4-17-13-25(23-14-22-19(17)20)15(2)16-5-7-18(8-6-16)24-11-9-21-10-12-24;1-4-9-14(5-2)15-16(3)12-13-10-7-6-8-11-13;2*1-2/h4-8,14-15,21H,3,9-13H2,1-2H3,(H2,20,22,23);4,6-11H,5,12H2,1-3H3;2*1-2H3/b17-4+;9-4-,15-14+;;. The van der Waals surface area contributed by atoms with Gasteiger partial charge in [0.15, 0.2) is 0 Å². The number of piperazine rings is 1. The number of nitrogens with two attached hydrogens (primary N) is 1. The maximum Gasteiger partial charge on any atom is 0.137 e. The summed E-state index contributed by atoms with van der Waals surface area (Å²) in [4.78, 5) is 6.63. The Morgan fingerprint density at radius 3 is 2.24 bits per heavy atom. The smallest absolute Gasteiger partial charge is 0.137 e. The normalized spacial score (nSPS) is 16.3. The monoisotopic (exact) mass is 616 g/mol. The molecule has 0 aromatic heterocycles. The predicted molar refractivity (Wildman–Crippen MR) is 198 cm³/mol. The fourth-order valence-corrected chi connectivity index (χ4v) is 4.76. The van der Waals surface area contributed by atoms with E-state index in [1.807, 2.05) is 63.8 Å². The second kappa shape index (κ2) is 23.5. The molecular formula is C37H60N8. The molecule has 248 valence electrons. The molecule has 0 aliphatic carbocycles. The van der Waals surface area contributed by atoms with Crippen molar-refractivity contribution >= 4 is 23.6 Å². The molecule has 8 nitrogen and oxygen atoms in total. The molecule has 0 radical (unpaired) electrons. The number of nitrogens with zero attached hydrogens (tertiary/aromatic N) is 6. The van der Waals surface area contributed by atoms with Gasteiger partial charge < -0.3 is 16.0 Å². The Bertz CT molecular complexity index is 1190. The van der Waals surface area contributed by atoms with Crippen LogP contribution in [0.25, 0.3) is 0 Å². The first-order chi connectivity index (χ1) is 21.9. The SMILES string of the molecule is C/C=C\C(CC)=N\N(C)Cc1ccccc1.CC.CC.CC/C=C1\CN(C(C)c2ccc(N3CCNCC3)cc2)N=CN=C1N. The van der Waals surface area contributed by atoms with E-state index < -0.39 is 0 Å². The minimum atomic E-state index is 0.162. The van der Waals surface area contributed by atoms with E-state index in [9.17, 15) is 0 Å². The van der Waals surface area contributed by atoms with Gasteiger partial charge in [0.2, 0.25) is 0 Å². The number of nitrogens with one attached hydrogen (secondary N) is 1. The maximum atomic E-state index is 6.02. The fourth-order valence-electron chi connectivity index (χ4n) is 4.76. The van der Waals surface area contributed by atoms with E-state index in [1.165, 1.54) is 16.8 Å². The van der Waals surface area contributed by atoms with Crippen LogP contribution in [0.4, 0.5) is 5.69 Å². The number of hydrogen-bond donors (Lipinski definition) is 2. The Hall–Kier alpha value is -3.91. The number of aliphatic imine (C=N–C) groups is 1. The summed E-state index contributed by atoms with van der Waals surface area (Å²) in [5.74, 6) is 0.564. The summed E-state index contributed by atoms with van der Waals surface area (Å²) in [5, 5.41) is 16.4. The average Bonchev–Trinajstić information content (AvgIpc) is 3.28. The van der Waals surface area contributed by atoms with Gasteiger partial charge in [-0.15, -0.1) is 0 Å². The quantitative estimate of drug-likeness (QED) is 0.224. The summed E-state index contributed by atoms with van der Waals surface area (Å²) < 4.78 is 0. The van der Waals surface area contributed by atoms with Gasteiger partial charge in [-0.1, -0.05) is 96.2 Å². The number of anilines is 1. The van der Waals surface area contributed by atoms with E-state index in [4.69, 9.17) is 5.73 Å². The van der Waals surface area contributed by atoms with Crippen LogP contribution in [0, 0.1) is 0 Å². The molecule has 1 unspecified atom stereocenters. The van der Waals surface area contributed by atoms with Crippen LogP contribution in [-0.2, 0) is 6.54 Å². The van der Waals surface area contributed by atoms with Gasteiger partial charge in [0, 0.05) is 44.5 Å². The molecule has 1 saturated heterocycles. The van der Waals surface area contributed by atoms with Crippen LogP contribution in [-0.4, -0.2) is 67.7 Å². The largest absolute Gasteiger partial charge is 0.383 e. The van der Waals surface area contributed by atoms with E-state index in [0.717, 1.165) is 56.9 Å². The lowest BCUT2D eigenvalue weighted by Crippen LogP contribution is -2.43. The Morgan fingerprint density at radius 2 is 1.67 bits per heavy atom. The van der Waals surface area contributed by atoms with Crippen LogP contribution in [0.1, 0.15) is 85.4 Å². The summed E-state index contributed by atoms with van der Waals surface area (Å²) in [6.45, 7) is 22.2. The number of amidine groups is 1. The van der Waals surface area contributed by atoms with Crippen LogP contribution in [0.5, 0.6) is 0 Å². The van der Waals surface area contributed by atoms with Crippen molar-refractivity contribution in [2.75, 3.05) is 44.7 Å². The van der Waals surface area contributed by atoms with Gasteiger partial charge >= 0.3 is 0 Å². The molecule has 0 amide bonds. The Labute approximate surface area is 274 Å². The summed E-state index contributed by atoms with van der Waals surface area (Å²) in [6, 6.07) is 19.4. The molecule has 0 spiro atoms. The number of rotatable bonds is 9. The number of hydrogen-bond acceptors (Lipinski definition) is 8. The van der Waals surface area contributed by atoms with Crippen LogP contribution in [0.3, 0.4) is 0 Å². The first kappa shape index (κ1) is 39.1. The average molecular weight is 617 g/mol. The number of hydrazone groups is 2. The van der Waals surface area contributed by atoms with Gasteiger partial charge in [0.25, 0.3) is 0 Å². The second-order valence-electron chi connectivity index (χ2n) is 10.2. The van der Waals surface area contributed by atoms with Crippen molar-refractivity contribution in [1.29, 1.82) is 0 Å². The van der Waals surface area contributed by atoms with Crippen molar-refractivity contribution in [1.82, 2.24) is 15.3 Å². The molecule has 4 rings (SSSR count). The molecule has 2 aromatic rings. The molecule has 0 bridgehead atoms. The van der Waals surface area contributed by atoms with Gasteiger partial charge in [-0.05, 0) is 56.0 Å². The molecule has 1 atom stereocenters. The van der Waals surface area contributed by atoms with Crippen molar-refractivity contribution in [3.05, 3.63) is 89.5 Å². The van der Waals surface area contributed by atoms with E-state index in [-0.39, 0.29) is 6.04 Å². The molecule has 3 N–H and O–H groups in total. The van der Waals surface area contributed by atoms with Gasteiger partial charge in [-0.2, -0.15) is 10.2 Å². The molecule has 1 fully saturated rings. The summed E-state index contributed by atoms with van der Waals surface area (Å²) >= 11 is 0. The topological polar surface area (TPSA) is 84.8 Å². The highest BCUT2D eigenvalue weighted by molar-refractivity contribution is 6.01. The first-order valence-corrected chi connectivity index (χ1v) is 16.8. The third-order valence-corrected chi connectivity index (χ3v) is 7.09. The van der Waals surface area contributed by atoms with Crippen LogP contribution >= 0.6 is 0 Å². The zero-order chi connectivity index (χ0) is 33.5. The van der Waals surface area contributed by atoms with Gasteiger partial charge in [0.05, 0.1) is 24.8 Å². The highest BCUT2D eigenvalue weighted by atomic mass is 15.5. The minimum absolute atomic E-state index is 0.162. The van der Waals surface area contributed by atoms with E-state index in [2.05, 4.69) is 107 Å². The van der Waals surface area contributed by atoms with Crippen molar-refractivity contribution < 1.29 is 0 Å². The lowest BCUT2D eigenvalue weighted by atomic mass is 10.1. The summed E-state index contributed by atoms with van der Waals surface area (Å²) in [7, 11) is 2.01. The van der Waals surface area contributed by atoms with Gasteiger partial charge in [-0.3, -0.25) is 10.0 Å². The Balaban J connectivity index is 0.000000438. The Morgan fingerprint density at radius 1 is 1.02 bits per heavy atom. The van der Waals surface area contributed by atoms with Crippen LogP contribution < -0.4 is 16.0 Å². The van der Waals surface area contributed by atoms with Crippen LogP contribution in [0.2, 0.25) is 0 Å². The van der Waals surface area contributed by atoms with Crippen molar-refractivity contribution in [2.24, 2.45) is 20.9 Å². The lowest BCUT2D eigenvalue weighted by Gasteiger charge is -2.30. The van der Waals surface area contributed by atoms with E-state index >= 15 is 0 Å². The molecule has 8 heteroatoms. The van der Waals surface area contributed by atoms with Gasteiger partial charge in [-0.25, -0.2) is 4.99 Å². The zero-order valence-electron chi connectivity index (χ0n) is 29.5. The third-order valence-electron chi connectivity index (χ3n) is 7.09.